The van der Waals surface area contributed by atoms with Crippen LogP contribution in [0, 0.1) is 13.8 Å². The van der Waals surface area contributed by atoms with Gasteiger partial charge < -0.3 is 9.84 Å². The summed E-state index contributed by atoms with van der Waals surface area (Å²) in [7, 11) is 0. The molecule has 0 amide bonds. The van der Waals surface area contributed by atoms with Gasteiger partial charge >= 0.3 is 0 Å². The SMILES string of the molecule is Cc1cc(C)cc(C(O)CC2CCCCO2)c1. The molecule has 94 valence electrons. The second-order valence-electron chi connectivity index (χ2n) is 5.16. The molecule has 0 bridgehead atoms. The Balaban J connectivity index is 2.00. The fourth-order valence-corrected chi connectivity index (χ4v) is 2.58. The molecule has 2 unspecified atom stereocenters. The fourth-order valence-electron chi connectivity index (χ4n) is 2.58. The molecular weight excluding hydrogens is 212 g/mol. The first-order valence-corrected chi connectivity index (χ1v) is 6.53. The maximum Gasteiger partial charge on any atom is 0.0815 e. The second-order valence-corrected chi connectivity index (χ2v) is 5.16. The number of hydrogen-bond acceptors (Lipinski definition) is 2. The lowest BCUT2D eigenvalue weighted by molar-refractivity contribution is -0.0155. The van der Waals surface area contributed by atoms with Crippen LogP contribution in [0.5, 0.6) is 0 Å². The summed E-state index contributed by atoms with van der Waals surface area (Å²) in [4.78, 5) is 0. The molecule has 0 aliphatic carbocycles. The topological polar surface area (TPSA) is 29.5 Å². The monoisotopic (exact) mass is 234 g/mol. The lowest BCUT2D eigenvalue weighted by atomic mass is 9.96. The molecule has 1 aromatic carbocycles. The quantitative estimate of drug-likeness (QED) is 0.869. The molecule has 0 spiro atoms. The molecule has 1 aliphatic heterocycles. The van der Waals surface area contributed by atoms with E-state index < -0.39 is 6.10 Å². The summed E-state index contributed by atoms with van der Waals surface area (Å²) in [5.41, 5.74) is 3.45. The molecule has 1 fully saturated rings. The molecular formula is C15H22O2. The Morgan fingerprint density at radius 3 is 2.53 bits per heavy atom. The maximum absolute atomic E-state index is 10.2. The zero-order chi connectivity index (χ0) is 12.3. The van der Waals surface area contributed by atoms with Crippen molar-refractivity contribution in [2.75, 3.05) is 6.61 Å². The number of aliphatic hydroxyl groups is 1. The predicted octanol–water partition coefficient (Wildman–Crippen LogP) is 3.30. The Labute approximate surface area is 104 Å². The van der Waals surface area contributed by atoms with Gasteiger partial charge in [0.2, 0.25) is 0 Å². The van der Waals surface area contributed by atoms with Gasteiger partial charge in [0.15, 0.2) is 0 Å². The molecule has 2 rings (SSSR count). The summed E-state index contributed by atoms with van der Waals surface area (Å²) >= 11 is 0. The molecule has 1 N–H and O–H groups in total. The van der Waals surface area contributed by atoms with E-state index in [0.29, 0.717) is 0 Å². The number of ether oxygens (including phenoxy) is 1. The summed E-state index contributed by atoms with van der Waals surface area (Å²) < 4.78 is 5.67. The largest absolute Gasteiger partial charge is 0.388 e. The van der Waals surface area contributed by atoms with Crippen LogP contribution < -0.4 is 0 Å². The van der Waals surface area contributed by atoms with Crippen LogP contribution in [-0.4, -0.2) is 17.8 Å². The first kappa shape index (κ1) is 12.6. The van der Waals surface area contributed by atoms with Crippen molar-refractivity contribution in [1.29, 1.82) is 0 Å². The highest BCUT2D eigenvalue weighted by molar-refractivity contribution is 5.29. The van der Waals surface area contributed by atoms with Gasteiger partial charge in [-0.2, -0.15) is 0 Å². The van der Waals surface area contributed by atoms with Gasteiger partial charge in [0.1, 0.15) is 0 Å². The normalized spacial score (nSPS) is 22.4. The van der Waals surface area contributed by atoms with Crippen LogP contribution in [0.1, 0.15) is 48.5 Å². The van der Waals surface area contributed by atoms with Crippen LogP contribution in [0.15, 0.2) is 18.2 Å². The Bertz CT molecular complexity index is 347. The van der Waals surface area contributed by atoms with Crippen molar-refractivity contribution < 1.29 is 9.84 Å². The van der Waals surface area contributed by atoms with E-state index in [1.807, 2.05) is 0 Å². The molecule has 1 aromatic rings. The Morgan fingerprint density at radius 1 is 1.24 bits per heavy atom. The highest BCUT2D eigenvalue weighted by Gasteiger charge is 2.19. The average molecular weight is 234 g/mol. The minimum Gasteiger partial charge on any atom is -0.388 e. The fraction of sp³-hybridized carbons (Fsp3) is 0.600. The average Bonchev–Trinajstić information content (AvgIpc) is 2.29. The van der Waals surface area contributed by atoms with Gasteiger partial charge in [-0.3, -0.25) is 0 Å². The summed E-state index contributed by atoms with van der Waals surface area (Å²) in [5, 5.41) is 10.2. The van der Waals surface area contributed by atoms with Crippen LogP contribution in [0.3, 0.4) is 0 Å². The van der Waals surface area contributed by atoms with Crippen LogP contribution >= 0.6 is 0 Å². The molecule has 2 atom stereocenters. The van der Waals surface area contributed by atoms with E-state index >= 15 is 0 Å². The third-order valence-electron chi connectivity index (χ3n) is 3.39. The van der Waals surface area contributed by atoms with Crippen molar-refractivity contribution in [3.05, 3.63) is 34.9 Å². The van der Waals surface area contributed by atoms with Gasteiger partial charge in [0.25, 0.3) is 0 Å². The lowest BCUT2D eigenvalue weighted by Gasteiger charge is -2.25. The molecule has 1 aliphatic rings. The van der Waals surface area contributed by atoms with Crippen LogP contribution in [-0.2, 0) is 4.74 Å². The van der Waals surface area contributed by atoms with Crippen molar-refractivity contribution in [1.82, 2.24) is 0 Å². The Hall–Kier alpha value is -0.860. The van der Waals surface area contributed by atoms with Crippen LogP contribution in [0.2, 0.25) is 0 Å². The summed E-state index contributed by atoms with van der Waals surface area (Å²) in [6, 6.07) is 6.27. The summed E-state index contributed by atoms with van der Waals surface area (Å²) in [6.07, 6.45) is 4.04. The van der Waals surface area contributed by atoms with Crippen molar-refractivity contribution in [3.63, 3.8) is 0 Å². The Morgan fingerprint density at radius 2 is 1.94 bits per heavy atom. The van der Waals surface area contributed by atoms with E-state index in [2.05, 4.69) is 32.0 Å². The molecule has 1 heterocycles. The van der Waals surface area contributed by atoms with E-state index in [1.54, 1.807) is 0 Å². The highest BCUT2D eigenvalue weighted by Crippen LogP contribution is 2.25. The standard InChI is InChI=1S/C15H22O2/c1-11-7-12(2)9-13(8-11)15(16)10-14-5-3-4-6-17-14/h7-9,14-16H,3-6,10H2,1-2H3. The van der Waals surface area contributed by atoms with E-state index in [4.69, 9.17) is 4.74 Å². The summed E-state index contributed by atoms with van der Waals surface area (Å²) in [5.74, 6) is 0. The number of aliphatic hydroxyl groups excluding tert-OH is 1. The van der Waals surface area contributed by atoms with Gasteiger partial charge in [-0.05, 0) is 38.7 Å². The first-order valence-electron chi connectivity index (χ1n) is 6.53. The third kappa shape index (κ3) is 3.55. The predicted molar refractivity (Wildman–Crippen MR) is 69.1 cm³/mol. The number of aryl methyl sites for hydroxylation is 2. The van der Waals surface area contributed by atoms with Crippen molar-refractivity contribution in [2.45, 2.75) is 51.7 Å². The molecule has 0 aromatic heterocycles. The lowest BCUT2D eigenvalue weighted by Crippen LogP contribution is -2.21. The molecule has 0 radical (unpaired) electrons. The first-order chi connectivity index (χ1) is 8.15. The minimum absolute atomic E-state index is 0.236. The second kappa shape index (κ2) is 5.65. The minimum atomic E-state index is -0.392. The third-order valence-corrected chi connectivity index (χ3v) is 3.39. The van der Waals surface area contributed by atoms with E-state index in [1.165, 1.54) is 17.5 Å². The van der Waals surface area contributed by atoms with Crippen molar-refractivity contribution in [2.24, 2.45) is 0 Å². The number of benzene rings is 1. The van der Waals surface area contributed by atoms with Gasteiger partial charge in [0.05, 0.1) is 12.2 Å². The Kier molecular flexibility index (Phi) is 4.19. The smallest absolute Gasteiger partial charge is 0.0815 e. The van der Waals surface area contributed by atoms with Crippen LogP contribution in [0.4, 0.5) is 0 Å². The molecule has 17 heavy (non-hydrogen) atoms. The number of rotatable bonds is 3. The highest BCUT2D eigenvalue weighted by atomic mass is 16.5. The zero-order valence-corrected chi connectivity index (χ0v) is 10.8. The number of hydrogen-bond donors (Lipinski definition) is 1. The molecule has 0 saturated carbocycles. The van der Waals surface area contributed by atoms with E-state index in [-0.39, 0.29) is 6.10 Å². The molecule has 1 saturated heterocycles. The van der Waals surface area contributed by atoms with Crippen molar-refractivity contribution >= 4 is 0 Å². The van der Waals surface area contributed by atoms with Gasteiger partial charge in [0, 0.05) is 13.0 Å². The molecule has 2 heteroatoms. The van der Waals surface area contributed by atoms with E-state index in [9.17, 15) is 5.11 Å². The summed E-state index contributed by atoms with van der Waals surface area (Å²) in [6.45, 7) is 4.99. The van der Waals surface area contributed by atoms with Gasteiger partial charge in [-0.25, -0.2) is 0 Å². The van der Waals surface area contributed by atoms with E-state index in [0.717, 1.165) is 31.4 Å². The maximum atomic E-state index is 10.2. The zero-order valence-electron chi connectivity index (χ0n) is 10.8. The van der Waals surface area contributed by atoms with Gasteiger partial charge in [-0.15, -0.1) is 0 Å². The molecule has 2 nitrogen and oxygen atoms in total. The van der Waals surface area contributed by atoms with Crippen LogP contribution in [0.25, 0.3) is 0 Å². The van der Waals surface area contributed by atoms with Gasteiger partial charge in [-0.1, -0.05) is 29.3 Å². The van der Waals surface area contributed by atoms with Crippen molar-refractivity contribution in [3.8, 4) is 0 Å².